The third-order valence-electron chi connectivity index (χ3n) is 2.37. The van der Waals surface area contributed by atoms with Crippen LogP contribution in [0.25, 0.3) is 0 Å². The van der Waals surface area contributed by atoms with Gasteiger partial charge in [-0.3, -0.25) is 0 Å². The second-order valence-electron chi connectivity index (χ2n) is 3.56. The van der Waals surface area contributed by atoms with E-state index in [9.17, 15) is 8.78 Å². The van der Waals surface area contributed by atoms with Gasteiger partial charge in [0.05, 0.1) is 6.26 Å². The van der Waals surface area contributed by atoms with Gasteiger partial charge in [-0.25, -0.2) is 8.78 Å². The fourth-order valence-corrected chi connectivity index (χ4v) is 1.51. The Morgan fingerprint density at radius 3 is 2.62 bits per heavy atom. The summed E-state index contributed by atoms with van der Waals surface area (Å²) in [7, 11) is 0. The van der Waals surface area contributed by atoms with Crippen LogP contribution >= 0.6 is 0 Å². The lowest BCUT2D eigenvalue weighted by Gasteiger charge is -2.10. The van der Waals surface area contributed by atoms with Gasteiger partial charge >= 0.3 is 0 Å². The van der Waals surface area contributed by atoms with E-state index in [1.54, 1.807) is 18.4 Å². The zero-order valence-corrected chi connectivity index (χ0v) is 8.49. The molecule has 1 aromatic carbocycles. The topological polar surface area (TPSA) is 39.2 Å². The van der Waals surface area contributed by atoms with E-state index in [1.807, 2.05) is 0 Å². The van der Waals surface area contributed by atoms with Crippen molar-refractivity contribution in [3.63, 3.8) is 0 Å². The van der Waals surface area contributed by atoms with Crippen molar-refractivity contribution in [2.75, 3.05) is 0 Å². The van der Waals surface area contributed by atoms with E-state index >= 15 is 0 Å². The van der Waals surface area contributed by atoms with Gasteiger partial charge in [0, 0.05) is 12.5 Å². The van der Waals surface area contributed by atoms with Crippen LogP contribution in [0.1, 0.15) is 17.4 Å². The number of rotatable bonds is 3. The first-order valence-corrected chi connectivity index (χ1v) is 4.89. The molecular weight excluding hydrogens is 212 g/mol. The molecule has 0 fully saturated rings. The highest BCUT2D eigenvalue weighted by atomic mass is 19.2. The molecule has 0 aliphatic carbocycles. The zero-order chi connectivity index (χ0) is 11.5. The molecule has 0 aliphatic heterocycles. The molecule has 16 heavy (non-hydrogen) atoms. The molecule has 0 saturated heterocycles. The molecule has 2 aromatic rings. The van der Waals surface area contributed by atoms with Crippen molar-refractivity contribution in [3.8, 4) is 0 Å². The molecule has 0 amide bonds. The summed E-state index contributed by atoms with van der Waals surface area (Å²) >= 11 is 0. The maximum atomic E-state index is 13.0. The van der Waals surface area contributed by atoms with Gasteiger partial charge in [0.2, 0.25) is 0 Å². The predicted molar refractivity (Wildman–Crippen MR) is 55.7 cm³/mol. The summed E-state index contributed by atoms with van der Waals surface area (Å²) in [5.41, 5.74) is 6.41. The molecule has 0 aliphatic rings. The van der Waals surface area contributed by atoms with E-state index in [0.717, 1.165) is 17.9 Å². The third kappa shape index (κ3) is 2.28. The lowest BCUT2D eigenvalue weighted by Crippen LogP contribution is -2.13. The second kappa shape index (κ2) is 4.45. The molecule has 0 saturated carbocycles. The number of hydrogen-bond donors (Lipinski definition) is 1. The van der Waals surface area contributed by atoms with Gasteiger partial charge in [0.1, 0.15) is 5.76 Å². The Bertz CT molecular complexity index is 468. The first-order chi connectivity index (χ1) is 7.66. The molecule has 2 nitrogen and oxygen atoms in total. The Hall–Kier alpha value is -1.68. The molecule has 84 valence electrons. The molecule has 0 bridgehead atoms. The first-order valence-electron chi connectivity index (χ1n) is 4.89. The van der Waals surface area contributed by atoms with Gasteiger partial charge < -0.3 is 10.2 Å². The van der Waals surface area contributed by atoms with Gasteiger partial charge in [-0.2, -0.15) is 0 Å². The summed E-state index contributed by atoms with van der Waals surface area (Å²) in [5.74, 6) is -1.03. The molecule has 4 heteroatoms. The van der Waals surface area contributed by atoms with E-state index in [0.29, 0.717) is 12.0 Å². The van der Waals surface area contributed by atoms with Gasteiger partial charge in [-0.1, -0.05) is 6.07 Å². The smallest absolute Gasteiger partial charge is 0.159 e. The summed E-state index contributed by atoms with van der Waals surface area (Å²) in [6, 6.07) is 6.82. The Labute approximate surface area is 91.7 Å². The highest BCUT2D eigenvalue weighted by molar-refractivity contribution is 5.22. The van der Waals surface area contributed by atoms with Gasteiger partial charge in [0.15, 0.2) is 11.6 Å². The number of hydrogen-bond acceptors (Lipinski definition) is 2. The fraction of sp³-hybridized carbons (Fsp3) is 0.167. The average Bonchev–Trinajstić information content (AvgIpc) is 2.74. The fourth-order valence-electron chi connectivity index (χ4n) is 1.51. The Kier molecular flexibility index (Phi) is 3.01. The Morgan fingerprint density at radius 2 is 2.00 bits per heavy atom. The molecule has 1 aromatic heterocycles. The molecule has 0 spiro atoms. The van der Waals surface area contributed by atoms with E-state index in [4.69, 9.17) is 10.2 Å². The normalized spacial score (nSPS) is 12.7. The minimum absolute atomic E-state index is 0.402. The summed E-state index contributed by atoms with van der Waals surface area (Å²) < 4.78 is 30.8. The van der Waals surface area contributed by atoms with Crippen LogP contribution in [0.4, 0.5) is 8.78 Å². The quantitative estimate of drug-likeness (QED) is 0.868. The standard InChI is InChI=1S/C12H11F2NO/c13-10-4-3-8(6-11(10)14)12(15)7-9-2-1-5-16-9/h1-6,12H,7,15H2. The molecule has 1 unspecified atom stereocenters. The van der Waals surface area contributed by atoms with Crippen molar-refractivity contribution in [3.05, 3.63) is 59.6 Å². The second-order valence-corrected chi connectivity index (χ2v) is 3.56. The summed E-state index contributed by atoms with van der Waals surface area (Å²) in [5, 5.41) is 0. The first kappa shape index (κ1) is 10.8. The number of halogens is 2. The monoisotopic (exact) mass is 223 g/mol. The van der Waals surface area contributed by atoms with Crippen LogP contribution in [-0.4, -0.2) is 0 Å². The minimum atomic E-state index is -0.882. The van der Waals surface area contributed by atoms with Crippen LogP contribution in [0.3, 0.4) is 0 Å². The lowest BCUT2D eigenvalue weighted by atomic mass is 10.0. The van der Waals surface area contributed by atoms with Crippen molar-refractivity contribution in [1.29, 1.82) is 0 Å². The van der Waals surface area contributed by atoms with E-state index in [2.05, 4.69) is 0 Å². The van der Waals surface area contributed by atoms with Crippen LogP contribution in [-0.2, 0) is 6.42 Å². The summed E-state index contributed by atoms with van der Waals surface area (Å²) in [4.78, 5) is 0. The number of nitrogens with two attached hydrogens (primary N) is 1. The predicted octanol–water partition coefficient (Wildman–Crippen LogP) is 2.80. The van der Waals surface area contributed by atoms with Gasteiger partial charge in [-0.15, -0.1) is 0 Å². The molecule has 1 heterocycles. The highest BCUT2D eigenvalue weighted by Gasteiger charge is 2.11. The molecule has 2 N–H and O–H groups in total. The van der Waals surface area contributed by atoms with Crippen molar-refractivity contribution in [1.82, 2.24) is 0 Å². The van der Waals surface area contributed by atoms with E-state index in [-0.39, 0.29) is 0 Å². The zero-order valence-electron chi connectivity index (χ0n) is 8.49. The largest absolute Gasteiger partial charge is 0.469 e. The molecule has 2 rings (SSSR count). The Morgan fingerprint density at radius 1 is 1.19 bits per heavy atom. The summed E-state index contributed by atoms with van der Waals surface area (Å²) in [6.45, 7) is 0. The average molecular weight is 223 g/mol. The van der Waals surface area contributed by atoms with E-state index in [1.165, 1.54) is 6.07 Å². The van der Waals surface area contributed by atoms with Crippen molar-refractivity contribution in [2.24, 2.45) is 5.73 Å². The van der Waals surface area contributed by atoms with Crippen LogP contribution in [0, 0.1) is 11.6 Å². The van der Waals surface area contributed by atoms with Crippen molar-refractivity contribution < 1.29 is 13.2 Å². The number of furan rings is 1. The lowest BCUT2D eigenvalue weighted by molar-refractivity contribution is 0.483. The number of benzene rings is 1. The molecule has 0 radical (unpaired) electrons. The minimum Gasteiger partial charge on any atom is -0.469 e. The van der Waals surface area contributed by atoms with Crippen molar-refractivity contribution in [2.45, 2.75) is 12.5 Å². The maximum absolute atomic E-state index is 13.0. The van der Waals surface area contributed by atoms with Crippen LogP contribution in [0.2, 0.25) is 0 Å². The van der Waals surface area contributed by atoms with Gasteiger partial charge in [-0.05, 0) is 29.8 Å². The Balaban J connectivity index is 2.14. The molecule has 1 atom stereocenters. The third-order valence-corrected chi connectivity index (χ3v) is 2.37. The maximum Gasteiger partial charge on any atom is 0.159 e. The summed E-state index contributed by atoms with van der Waals surface area (Å²) in [6.07, 6.45) is 2.01. The van der Waals surface area contributed by atoms with Gasteiger partial charge in [0.25, 0.3) is 0 Å². The molecular formula is C12H11F2NO. The SMILES string of the molecule is NC(Cc1ccco1)c1ccc(F)c(F)c1. The highest BCUT2D eigenvalue weighted by Crippen LogP contribution is 2.18. The van der Waals surface area contributed by atoms with Crippen LogP contribution in [0.5, 0.6) is 0 Å². The van der Waals surface area contributed by atoms with Crippen LogP contribution < -0.4 is 5.73 Å². The van der Waals surface area contributed by atoms with Crippen LogP contribution in [0.15, 0.2) is 41.0 Å². The van der Waals surface area contributed by atoms with Crippen molar-refractivity contribution >= 4 is 0 Å². The van der Waals surface area contributed by atoms with E-state index < -0.39 is 17.7 Å².